The molecule has 0 saturated heterocycles. The number of carboxylic acids is 1. The third-order valence-corrected chi connectivity index (χ3v) is 2.35. The van der Waals surface area contributed by atoms with Crippen molar-refractivity contribution < 1.29 is 18.7 Å². The van der Waals surface area contributed by atoms with Gasteiger partial charge < -0.3 is 14.4 Å². The van der Waals surface area contributed by atoms with Crippen LogP contribution in [-0.4, -0.2) is 18.1 Å². The van der Waals surface area contributed by atoms with Crippen molar-refractivity contribution in [1.29, 1.82) is 0 Å². The van der Waals surface area contributed by atoms with Crippen LogP contribution in [-0.2, 0) is 0 Å². The summed E-state index contributed by atoms with van der Waals surface area (Å²) >= 11 is 0. The molecule has 0 spiro atoms. The summed E-state index contributed by atoms with van der Waals surface area (Å²) in [7, 11) is 1.60. The van der Waals surface area contributed by atoms with E-state index in [2.05, 4.69) is 0 Å². The normalized spacial score (nSPS) is 10.2. The average molecular weight is 235 g/mol. The molecule has 1 N–H and O–H groups in total. The first-order valence-corrected chi connectivity index (χ1v) is 4.91. The molecule has 0 aliphatic rings. The Morgan fingerprint density at radius 3 is 2.59 bits per heavy atom. The number of carbonyl (C=O) groups is 1. The molecule has 0 bridgehead atoms. The fourth-order valence-electron chi connectivity index (χ4n) is 1.47. The number of halogens is 1. The van der Waals surface area contributed by atoms with Crippen molar-refractivity contribution in [3.63, 3.8) is 0 Å². The maximum atomic E-state index is 13.5. The van der Waals surface area contributed by atoms with Crippen molar-refractivity contribution in [2.75, 3.05) is 11.9 Å². The van der Waals surface area contributed by atoms with Gasteiger partial charge in [0.25, 0.3) is 0 Å². The zero-order chi connectivity index (χ0) is 12.4. The first-order valence-electron chi connectivity index (χ1n) is 4.91. The summed E-state index contributed by atoms with van der Waals surface area (Å²) in [5, 5.41) is 8.72. The third-order valence-electron chi connectivity index (χ3n) is 2.35. The van der Waals surface area contributed by atoms with Crippen LogP contribution in [0.2, 0.25) is 0 Å². The topological polar surface area (TPSA) is 53.7 Å². The van der Waals surface area contributed by atoms with Gasteiger partial charge in [0.1, 0.15) is 5.82 Å². The molecule has 5 heteroatoms. The van der Waals surface area contributed by atoms with E-state index < -0.39 is 11.8 Å². The van der Waals surface area contributed by atoms with Crippen molar-refractivity contribution in [3.8, 4) is 0 Å². The van der Waals surface area contributed by atoms with Crippen molar-refractivity contribution in [2.45, 2.75) is 0 Å². The Kier molecular flexibility index (Phi) is 2.82. The molecule has 0 unspecified atom stereocenters. The maximum absolute atomic E-state index is 13.5. The van der Waals surface area contributed by atoms with Crippen molar-refractivity contribution in [1.82, 2.24) is 0 Å². The Hall–Kier alpha value is -2.30. The Bertz CT molecular complexity index is 550. The number of benzene rings is 1. The number of anilines is 2. The van der Waals surface area contributed by atoms with Gasteiger partial charge in [0.2, 0.25) is 11.6 Å². The van der Waals surface area contributed by atoms with Crippen LogP contribution in [0.15, 0.2) is 40.8 Å². The lowest BCUT2D eigenvalue weighted by Gasteiger charge is -2.16. The monoisotopic (exact) mass is 235 g/mol. The summed E-state index contributed by atoms with van der Waals surface area (Å²) in [6, 6.07) is 8.99. The fraction of sp³-hybridized carbons (Fsp3) is 0.0833. The Balaban J connectivity index is 2.34. The van der Waals surface area contributed by atoms with E-state index in [1.54, 1.807) is 25.2 Å². The summed E-state index contributed by atoms with van der Waals surface area (Å²) in [5.41, 5.74) is 0.318. The van der Waals surface area contributed by atoms with E-state index in [1.807, 2.05) is 0 Å². The van der Waals surface area contributed by atoms with Gasteiger partial charge in [0.15, 0.2) is 0 Å². The standard InChI is InChI=1S/C12H10FNO3/c1-14(9-5-3-2-4-8(9)13)11-7-6-10(17-11)12(15)16/h2-7H,1H3,(H,15,16). The van der Waals surface area contributed by atoms with Crippen molar-refractivity contribution in [3.05, 3.63) is 48.0 Å². The molecule has 0 atom stereocenters. The SMILES string of the molecule is CN(c1ccc(C(=O)O)o1)c1ccccc1F. The molecule has 0 aliphatic carbocycles. The van der Waals surface area contributed by atoms with E-state index in [0.29, 0.717) is 5.69 Å². The lowest BCUT2D eigenvalue weighted by molar-refractivity contribution is 0.0663. The number of furan rings is 1. The lowest BCUT2D eigenvalue weighted by Crippen LogP contribution is -2.10. The molecule has 0 fully saturated rings. The summed E-state index contributed by atoms with van der Waals surface area (Å²) in [4.78, 5) is 12.1. The number of rotatable bonds is 3. The molecule has 4 nitrogen and oxygen atoms in total. The molecule has 0 radical (unpaired) electrons. The highest BCUT2D eigenvalue weighted by Crippen LogP contribution is 2.27. The van der Waals surface area contributed by atoms with E-state index in [0.717, 1.165) is 0 Å². The second-order valence-corrected chi connectivity index (χ2v) is 3.45. The molecule has 17 heavy (non-hydrogen) atoms. The van der Waals surface area contributed by atoms with E-state index in [4.69, 9.17) is 9.52 Å². The van der Waals surface area contributed by atoms with Gasteiger partial charge in [-0.05, 0) is 18.2 Å². The summed E-state index contributed by atoms with van der Waals surface area (Å²) in [6.45, 7) is 0. The predicted molar refractivity (Wildman–Crippen MR) is 60.1 cm³/mol. The summed E-state index contributed by atoms with van der Waals surface area (Å²) in [6.07, 6.45) is 0. The predicted octanol–water partition coefficient (Wildman–Crippen LogP) is 2.88. The van der Waals surface area contributed by atoms with Gasteiger partial charge in [-0.1, -0.05) is 12.1 Å². The summed E-state index contributed by atoms with van der Waals surface area (Å²) < 4.78 is 18.6. The Labute approximate surface area is 96.9 Å². The highest BCUT2D eigenvalue weighted by atomic mass is 19.1. The Morgan fingerprint density at radius 1 is 1.29 bits per heavy atom. The lowest BCUT2D eigenvalue weighted by atomic mass is 10.3. The van der Waals surface area contributed by atoms with Gasteiger partial charge in [-0.2, -0.15) is 0 Å². The van der Waals surface area contributed by atoms with Gasteiger partial charge in [-0.25, -0.2) is 9.18 Å². The minimum atomic E-state index is -1.15. The Morgan fingerprint density at radius 2 is 2.00 bits per heavy atom. The molecule has 88 valence electrons. The van der Waals surface area contributed by atoms with Crippen molar-refractivity contribution in [2.24, 2.45) is 0 Å². The van der Waals surface area contributed by atoms with Gasteiger partial charge in [0.05, 0.1) is 5.69 Å². The van der Waals surface area contributed by atoms with Gasteiger partial charge in [0, 0.05) is 13.1 Å². The average Bonchev–Trinajstić information content (AvgIpc) is 2.78. The zero-order valence-electron chi connectivity index (χ0n) is 9.05. The van der Waals surface area contributed by atoms with Crippen LogP contribution in [0.25, 0.3) is 0 Å². The summed E-state index contributed by atoms with van der Waals surface area (Å²) in [5.74, 6) is -1.46. The zero-order valence-corrected chi connectivity index (χ0v) is 9.05. The van der Waals surface area contributed by atoms with Crippen LogP contribution in [0, 0.1) is 5.82 Å². The number of nitrogens with zero attached hydrogens (tertiary/aromatic N) is 1. The minimum absolute atomic E-state index is 0.178. The highest BCUT2D eigenvalue weighted by Gasteiger charge is 2.14. The van der Waals surface area contributed by atoms with Gasteiger partial charge in [-0.3, -0.25) is 0 Å². The van der Waals surface area contributed by atoms with Crippen LogP contribution in [0.3, 0.4) is 0 Å². The smallest absolute Gasteiger partial charge is 0.371 e. The molecule has 1 aromatic heterocycles. The maximum Gasteiger partial charge on any atom is 0.371 e. The third kappa shape index (κ3) is 2.13. The van der Waals surface area contributed by atoms with E-state index in [1.165, 1.54) is 23.1 Å². The highest BCUT2D eigenvalue weighted by molar-refractivity contribution is 5.85. The largest absolute Gasteiger partial charge is 0.475 e. The number of hydrogen-bond donors (Lipinski definition) is 1. The molecule has 1 heterocycles. The van der Waals surface area contributed by atoms with Crippen LogP contribution in [0.5, 0.6) is 0 Å². The first kappa shape index (κ1) is 11.2. The van der Waals surface area contributed by atoms with E-state index >= 15 is 0 Å². The van der Waals surface area contributed by atoms with Gasteiger partial charge in [-0.15, -0.1) is 0 Å². The molecular weight excluding hydrogens is 225 g/mol. The first-order chi connectivity index (χ1) is 8.09. The quantitative estimate of drug-likeness (QED) is 0.888. The fourth-order valence-corrected chi connectivity index (χ4v) is 1.47. The molecule has 2 aromatic rings. The number of para-hydroxylation sites is 1. The molecule has 2 rings (SSSR count). The molecule has 0 aliphatic heterocycles. The van der Waals surface area contributed by atoms with Crippen LogP contribution < -0.4 is 4.90 Å². The molecule has 0 saturated carbocycles. The number of carboxylic acid groups (broad SMARTS) is 1. The number of aromatic carboxylic acids is 1. The van der Waals surface area contributed by atoms with Crippen LogP contribution in [0.4, 0.5) is 16.0 Å². The number of hydrogen-bond acceptors (Lipinski definition) is 3. The van der Waals surface area contributed by atoms with Crippen molar-refractivity contribution >= 4 is 17.5 Å². The van der Waals surface area contributed by atoms with Crippen LogP contribution >= 0.6 is 0 Å². The van der Waals surface area contributed by atoms with E-state index in [9.17, 15) is 9.18 Å². The molecule has 1 aromatic carbocycles. The second-order valence-electron chi connectivity index (χ2n) is 3.45. The van der Waals surface area contributed by atoms with Gasteiger partial charge >= 0.3 is 5.97 Å². The molecule has 0 amide bonds. The minimum Gasteiger partial charge on any atom is -0.475 e. The van der Waals surface area contributed by atoms with Crippen LogP contribution in [0.1, 0.15) is 10.6 Å². The second kappa shape index (κ2) is 4.29. The molecular formula is C12H10FNO3. The van der Waals surface area contributed by atoms with E-state index in [-0.39, 0.29) is 11.6 Å².